The molecule has 1 amide bonds. The zero-order valence-corrected chi connectivity index (χ0v) is 12.1. The molecule has 4 heteroatoms. The summed E-state index contributed by atoms with van der Waals surface area (Å²) in [5, 5.41) is 0. The fourth-order valence-corrected chi connectivity index (χ4v) is 2.10. The van der Waals surface area contributed by atoms with E-state index in [2.05, 4.69) is 0 Å². The Morgan fingerprint density at radius 1 is 1.37 bits per heavy atom. The zero-order chi connectivity index (χ0) is 14.0. The van der Waals surface area contributed by atoms with E-state index in [-0.39, 0.29) is 11.7 Å². The lowest BCUT2D eigenvalue weighted by Gasteiger charge is -2.31. The van der Waals surface area contributed by atoms with E-state index in [0.29, 0.717) is 18.5 Å². The highest BCUT2D eigenvalue weighted by molar-refractivity contribution is 6.19. The number of nitrogens with zero attached hydrogens (tertiary/aromatic N) is 1. The number of halogens is 2. The molecule has 104 valence electrons. The first-order chi connectivity index (χ1) is 8.94. The summed E-state index contributed by atoms with van der Waals surface area (Å²) in [5.41, 5.74) is 0.400. The molecule has 0 unspecified atom stereocenters. The van der Waals surface area contributed by atoms with E-state index in [1.165, 1.54) is 12.1 Å². The summed E-state index contributed by atoms with van der Waals surface area (Å²) in [6.45, 7) is 4.26. The number of rotatable bonds is 5. The van der Waals surface area contributed by atoms with Gasteiger partial charge in [-0.15, -0.1) is 11.6 Å². The number of alkyl halides is 1. The summed E-state index contributed by atoms with van der Waals surface area (Å²) in [7, 11) is 0. The molecule has 0 heterocycles. The van der Waals surface area contributed by atoms with Crippen molar-refractivity contribution in [3.05, 3.63) is 35.6 Å². The van der Waals surface area contributed by atoms with Crippen LogP contribution in [-0.4, -0.2) is 22.7 Å². The first-order valence-electron chi connectivity index (χ1n) is 6.55. The Kier molecular flexibility index (Phi) is 4.14. The van der Waals surface area contributed by atoms with Crippen LogP contribution in [0.3, 0.4) is 0 Å². The van der Waals surface area contributed by atoms with Crippen LogP contribution in [0.2, 0.25) is 0 Å². The summed E-state index contributed by atoms with van der Waals surface area (Å²) < 4.78 is 12.9. The molecule has 0 atom stereocenters. The SMILES string of the molecule is CC(C)(CCl)C(=O)N(Cc1ccc(F)cc1)C1CC1. The van der Waals surface area contributed by atoms with Crippen molar-refractivity contribution in [1.29, 1.82) is 0 Å². The molecule has 1 aromatic rings. The van der Waals surface area contributed by atoms with Crippen molar-refractivity contribution in [3.8, 4) is 0 Å². The molecule has 0 spiro atoms. The lowest BCUT2D eigenvalue weighted by molar-refractivity contribution is -0.140. The van der Waals surface area contributed by atoms with Gasteiger partial charge in [-0.3, -0.25) is 4.79 Å². The maximum atomic E-state index is 12.9. The zero-order valence-electron chi connectivity index (χ0n) is 11.3. The molecule has 1 aliphatic rings. The summed E-state index contributed by atoms with van der Waals surface area (Å²) in [5.74, 6) is 0.127. The Labute approximate surface area is 118 Å². The number of hydrogen-bond donors (Lipinski definition) is 0. The van der Waals surface area contributed by atoms with Gasteiger partial charge < -0.3 is 4.90 Å². The molecule has 0 aromatic heterocycles. The van der Waals surface area contributed by atoms with Gasteiger partial charge in [0.15, 0.2) is 0 Å². The molecule has 2 nitrogen and oxygen atoms in total. The van der Waals surface area contributed by atoms with Gasteiger partial charge in [-0.1, -0.05) is 12.1 Å². The van der Waals surface area contributed by atoms with Gasteiger partial charge in [-0.05, 0) is 44.4 Å². The normalized spacial score (nSPS) is 15.4. The average molecular weight is 284 g/mol. The van der Waals surface area contributed by atoms with Crippen LogP contribution in [0.15, 0.2) is 24.3 Å². The van der Waals surface area contributed by atoms with Gasteiger partial charge in [0.2, 0.25) is 5.91 Å². The van der Waals surface area contributed by atoms with E-state index in [4.69, 9.17) is 11.6 Å². The Bertz CT molecular complexity index is 454. The van der Waals surface area contributed by atoms with Crippen LogP contribution in [0.4, 0.5) is 4.39 Å². The van der Waals surface area contributed by atoms with Crippen LogP contribution in [0.1, 0.15) is 32.3 Å². The second-order valence-electron chi connectivity index (χ2n) is 5.81. The van der Waals surface area contributed by atoms with Crippen molar-refractivity contribution in [2.45, 2.75) is 39.3 Å². The van der Waals surface area contributed by atoms with E-state index in [1.807, 2.05) is 18.7 Å². The van der Waals surface area contributed by atoms with Crippen molar-refractivity contribution < 1.29 is 9.18 Å². The number of hydrogen-bond acceptors (Lipinski definition) is 1. The van der Waals surface area contributed by atoms with Gasteiger partial charge >= 0.3 is 0 Å². The van der Waals surface area contributed by atoms with Gasteiger partial charge in [0.1, 0.15) is 5.82 Å². The van der Waals surface area contributed by atoms with E-state index in [9.17, 15) is 9.18 Å². The van der Waals surface area contributed by atoms with Crippen molar-refractivity contribution >= 4 is 17.5 Å². The Hall–Kier alpha value is -1.09. The van der Waals surface area contributed by atoms with E-state index < -0.39 is 5.41 Å². The summed E-state index contributed by atoms with van der Waals surface area (Å²) in [4.78, 5) is 14.4. The maximum absolute atomic E-state index is 12.9. The number of carbonyl (C=O) groups excluding carboxylic acids is 1. The molecule has 1 fully saturated rings. The number of carbonyl (C=O) groups is 1. The van der Waals surface area contributed by atoms with Crippen LogP contribution in [0.25, 0.3) is 0 Å². The molecule has 1 saturated carbocycles. The monoisotopic (exact) mass is 283 g/mol. The smallest absolute Gasteiger partial charge is 0.229 e. The van der Waals surface area contributed by atoms with Gasteiger partial charge in [0.05, 0.1) is 5.41 Å². The van der Waals surface area contributed by atoms with Crippen molar-refractivity contribution in [2.75, 3.05) is 5.88 Å². The lowest BCUT2D eigenvalue weighted by Crippen LogP contribution is -2.42. The molecule has 0 radical (unpaired) electrons. The van der Waals surface area contributed by atoms with Gasteiger partial charge in [-0.25, -0.2) is 4.39 Å². The second kappa shape index (κ2) is 5.49. The first-order valence-corrected chi connectivity index (χ1v) is 7.09. The maximum Gasteiger partial charge on any atom is 0.229 e. The summed E-state index contributed by atoms with van der Waals surface area (Å²) in [6.07, 6.45) is 2.09. The predicted molar refractivity (Wildman–Crippen MR) is 74.5 cm³/mol. The number of benzene rings is 1. The van der Waals surface area contributed by atoms with Crippen LogP contribution >= 0.6 is 11.6 Å². The Morgan fingerprint density at radius 2 is 1.95 bits per heavy atom. The Morgan fingerprint density at radius 3 is 2.42 bits per heavy atom. The molecule has 2 rings (SSSR count). The molecule has 19 heavy (non-hydrogen) atoms. The standard InChI is InChI=1S/C15H19ClFNO/c1-15(2,10-16)14(19)18(13-7-8-13)9-11-3-5-12(17)6-4-11/h3-6,13H,7-10H2,1-2H3. The van der Waals surface area contributed by atoms with E-state index in [0.717, 1.165) is 18.4 Å². The fourth-order valence-electron chi connectivity index (χ4n) is 1.99. The van der Waals surface area contributed by atoms with Crippen LogP contribution in [0, 0.1) is 11.2 Å². The van der Waals surface area contributed by atoms with Crippen molar-refractivity contribution in [3.63, 3.8) is 0 Å². The molecule has 0 N–H and O–H groups in total. The largest absolute Gasteiger partial charge is 0.335 e. The second-order valence-corrected chi connectivity index (χ2v) is 6.08. The lowest BCUT2D eigenvalue weighted by atomic mass is 9.94. The summed E-state index contributed by atoms with van der Waals surface area (Å²) in [6, 6.07) is 6.63. The third-order valence-electron chi connectivity index (χ3n) is 3.43. The molecule has 0 saturated heterocycles. The molecular formula is C15H19ClFNO. The van der Waals surface area contributed by atoms with Crippen molar-refractivity contribution in [2.24, 2.45) is 5.41 Å². The minimum absolute atomic E-state index is 0.0781. The van der Waals surface area contributed by atoms with Crippen LogP contribution < -0.4 is 0 Å². The molecule has 0 bridgehead atoms. The molecule has 1 aromatic carbocycles. The third-order valence-corrected chi connectivity index (χ3v) is 4.10. The summed E-state index contributed by atoms with van der Waals surface area (Å²) >= 11 is 5.88. The minimum Gasteiger partial charge on any atom is -0.335 e. The van der Waals surface area contributed by atoms with Crippen molar-refractivity contribution in [1.82, 2.24) is 4.90 Å². The third kappa shape index (κ3) is 3.47. The molecular weight excluding hydrogens is 265 g/mol. The number of amides is 1. The predicted octanol–water partition coefficient (Wildman–Crippen LogP) is 3.58. The highest BCUT2D eigenvalue weighted by Crippen LogP contribution is 2.33. The molecule has 0 aliphatic heterocycles. The van der Waals surface area contributed by atoms with E-state index in [1.54, 1.807) is 12.1 Å². The quantitative estimate of drug-likeness (QED) is 0.757. The van der Waals surface area contributed by atoms with E-state index >= 15 is 0 Å². The first kappa shape index (κ1) is 14.3. The highest BCUT2D eigenvalue weighted by atomic mass is 35.5. The average Bonchev–Trinajstić information content (AvgIpc) is 3.21. The fraction of sp³-hybridized carbons (Fsp3) is 0.533. The highest BCUT2D eigenvalue weighted by Gasteiger charge is 2.39. The van der Waals surface area contributed by atoms with Crippen LogP contribution in [0.5, 0.6) is 0 Å². The minimum atomic E-state index is -0.551. The van der Waals surface area contributed by atoms with Gasteiger partial charge in [0.25, 0.3) is 0 Å². The van der Waals surface area contributed by atoms with Crippen LogP contribution in [-0.2, 0) is 11.3 Å². The van der Waals surface area contributed by atoms with Gasteiger partial charge in [0, 0.05) is 18.5 Å². The Balaban J connectivity index is 2.13. The topological polar surface area (TPSA) is 20.3 Å². The molecule has 1 aliphatic carbocycles. The van der Waals surface area contributed by atoms with Gasteiger partial charge in [-0.2, -0.15) is 0 Å².